The van der Waals surface area contributed by atoms with E-state index in [9.17, 15) is 9.59 Å². The molecule has 150 valence electrons. The van der Waals surface area contributed by atoms with Crippen molar-refractivity contribution in [2.24, 2.45) is 0 Å². The fourth-order valence-electron chi connectivity index (χ4n) is 3.19. The standard InChI is InChI=1S/C20H26N4O4/c1-14-11-21-18(23-14)12-22-20(26)16-5-3-4-6-17(16)28-15-7-9-24(10-8-15)19(25)13-27-2/h3-6,11,15H,7-10,12-13H2,1-2H3,(H,21,23)(H,22,26). The van der Waals surface area contributed by atoms with Crippen LogP contribution in [-0.2, 0) is 16.1 Å². The van der Waals surface area contributed by atoms with E-state index in [1.807, 2.05) is 19.1 Å². The summed E-state index contributed by atoms with van der Waals surface area (Å²) < 4.78 is 11.0. The highest BCUT2D eigenvalue weighted by Crippen LogP contribution is 2.23. The average Bonchev–Trinajstić information content (AvgIpc) is 3.12. The Morgan fingerprint density at radius 1 is 1.29 bits per heavy atom. The first-order chi connectivity index (χ1) is 13.6. The van der Waals surface area contributed by atoms with Crippen LogP contribution in [0.2, 0.25) is 0 Å². The predicted molar refractivity (Wildman–Crippen MR) is 103 cm³/mol. The molecule has 2 heterocycles. The fourth-order valence-corrected chi connectivity index (χ4v) is 3.19. The molecule has 0 aliphatic carbocycles. The van der Waals surface area contributed by atoms with Crippen molar-refractivity contribution >= 4 is 11.8 Å². The lowest BCUT2D eigenvalue weighted by Crippen LogP contribution is -2.43. The molecule has 0 bridgehead atoms. The number of ether oxygens (including phenoxy) is 2. The van der Waals surface area contributed by atoms with Gasteiger partial charge < -0.3 is 24.7 Å². The molecule has 8 heteroatoms. The number of aromatic nitrogens is 2. The molecule has 2 amide bonds. The summed E-state index contributed by atoms with van der Waals surface area (Å²) in [7, 11) is 1.52. The van der Waals surface area contributed by atoms with Gasteiger partial charge in [0.2, 0.25) is 5.91 Å². The maximum absolute atomic E-state index is 12.6. The van der Waals surface area contributed by atoms with Crippen LogP contribution in [0.1, 0.15) is 34.7 Å². The Balaban J connectivity index is 1.56. The highest BCUT2D eigenvalue weighted by Gasteiger charge is 2.25. The number of amides is 2. The van der Waals surface area contributed by atoms with Gasteiger partial charge in [-0.15, -0.1) is 0 Å². The van der Waals surface area contributed by atoms with Crippen LogP contribution in [-0.4, -0.2) is 59.6 Å². The first-order valence-electron chi connectivity index (χ1n) is 9.38. The third-order valence-electron chi connectivity index (χ3n) is 4.66. The number of carbonyl (C=O) groups is 2. The summed E-state index contributed by atoms with van der Waals surface area (Å²) in [6.45, 7) is 3.58. The molecular weight excluding hydrogens is 360 g/mol. The molecule has 0 atom stereocenters. The van der Waals surface area contributed by atoms with E-state index in [1.165, 1.54) is 7.11 Å². The van der Waals surface area contributed by atoms with E-state index in [0.717, 1.165) is 18.5 Å². The Bertz CT molecular complexity index is 812. The molecule has 1 aromatic carbocycles. The van der Waals surface area contributed by atoms with E-state index >= 15 is 0 Å². The minimum Gasteiger partial charge on any atom is -0.489 e. The lowest BCUT2D eigenvalue weighted by atomic mass is 10.1. The van der Waals surface area contributed by atoms with Crippen LogP contribution in [0.4, 0.5) is 0 Å². The summed E-state index contributed by atoms with van der Waals surface area (Å²) in [4.78, 5) is 33.6. The topological polar surface area (TPSA) is 96.5 Å². The van der Waals surface area contributed by atoms with Crippen molar-refractivity contribution in [2.75, 3.05) is 26.8 Å². The Morgan fingerprint density at radius 2 is 2.04 bits per heavy atom. The van der Waals surface area contributed by atoms with Crippen molar-refractivity contribution in [1.29, 1.82) is 0 Å². The smallest absolute Gasteiger partial charge is 0.255 e. The lowest BCUT2D eigenvalue weighted by molar-refractivity contribution is -0.136. The summed E-state index contributed by atoms with van der Waals surface area (Å²) in [6.07, 6.45) is 3.13. The number of hydrogen-bond acceptors (Lipinski definition) is 5. The van der Waals surface area contributed by atoms with E-state index in [4.69, 9.17) is 9.47 Å². The molecule has 1 aromatic heterocycles. The van der Waals surface area contributed by atoms with Crippen LogP contribution in [0.3, 0.4) is 0 Å². The minimum absolute atomic E-state index is 0.00566. The summed E-state index contributed by atoms with van der Waals surface area (Å²) in [5.41, 5.74) is 1.44. The normalized spacial score (nSPS) is 14.7. The molecule has 2 N–H and O–H groups in total. The van der Waals surface area contributed by atoms with Crippen molar-refractivity contribution < 1.29 is 19.1 Å². The third kappa shape index (κ3) is 5.10. The number of hydrogen-bond donors (Lipinski definition) is 2. The van der Waals surface area contributed by atoms with Crippen molar-refractivity contribution in [3.05, 3.63) is 47.5 Å². The maximum Gasteiger partial charge on any atom is 0.255 e. The van der Waals surface area contributed by atoms with Gasteiger partial charge in [0.15, 0.2) is 0 Å². The quantitative estimate of drug-likeness (QED) is 0.754. The number of aromatic amines is 1. The molecule has 8 nitrogen and oxygen atoms in total. The van der Waals surface area contributed by atoms with Gasteiger partial charge in [0, 0.05) is 44.9 Å². The monoisotopic (exact) mass is 386 g/mol. The molecule has 2 aromatic rings. The number of aryl methyl sites for hydroxylation is 1. The molecular formula is C20H26N4O4. The molecule has 0 spiro atoms. The zero-order chi connectivity index (χ0) is 19.9. The number of likely N-dealkylation sites (tertiary alicyclic amines) is 1. The van der Waals surface area contributed by atoms with Crippen LogP contribution < -0.4 is 10.1 Å². The van der Waals surface area contributed by atoms with Gasteiger partial charge in [0.1, 0.15) is 24.3 Å². The Labute approximate surface area is 164 Å². The van der Waals surface area contributed by atoms with Gasteiger partial charge in [0.05, 0.1) is 12.1 Å². The van der Waals surface area contributed by atoms with Crippen molar-refractivity contribution in [3.63, 3.8) is 0 Å². The molecule has 3 rings (SSSR count). The highest BCUT2D eigenvalue weighted by atomic mass is 16.5. The number of nitrogens with one attached hydrogen (secondary N) is 2. The number of rotatable bonds is 7. The fraction of sp³-hybridized carbons (Fsp3) is 0.450. The first-order valence-corrected chi connectivity index (χ1v) is 9.38. The van der Waals surface area contributed by atoms with E-state index in [0.29, 0.717) is 36.8 Å². The number of methoxy groups -OCH3 is 1. The second-order valence-electron chi connectivity index (χ2n) is 6.82. The molecule has 0 unspecified atom stereocenters. The van der Waals surface area contributed by atoms with Gasteiger partial charge in [0.25, 0.3) is 5.91 Å². The first kappa shape index (κ1) is 19.9. The molecule has 1 aliphatic rings. The van der Waals surface area contributed by atoms with Gasteiger partial charge in [-0.05, 0) is 19.1 Å². The number of benzene rings is 1. The molecule has 1 aliphatic heterocycles. The predicted octanol–water partition coefficient (Wildman–Crippen LogP) is 1.66. The number of piperidine rings is 1. The van der Waals surface area contributed by atoms with E-state index < -0.39 is 0 Å². The average molecular weight is 386 g/mol. The minimum atomic E-state index is -0.211. The van der Waals surface area contributed by atoms with Crippen molar-refractivity contribution in [1.82, 2.24) is 20.2 Å². The van der Waals surface area contributed by atoms with Gasteiger partial charge in [-0.1, -0.05) is 12.1 Å². The number of imidazole rings is 1. The Hall–Kier alpha value is -2.87. The van der Waals surface area contributed by atoms with Crippen LogP contribution >= 0.6 is 0 Å². The van der Waals surface area contributed by atoms with Gasteiger partial charge in [-0.25, -0.2) is 4.98 Å². The van der Waals surface area contributed by atoms with Crippen molar-refractivity contribution in [2.45, 2.75) is 32.4 Å². The maximum atomic E-state index is 12.6. The SMILES string of the molecule is COCC(=O)N1CCC(Oc2ccccc2C(=O)NCc2ncc(C)[nH]2)CC1. The molecule has 28 heavy (non-hydrogen) atoms. The summed E-state index contributed by atoms with van der Waals surface area (Å²) in [5.74, 6) is 1.04. The molecule has 0 saturated carbocycles. The van der Waals surface area contributed by atoms with E-state index in [-0.39, 0.29) is 24.5 Å². The Morgan fingerprint density at radius 3 is 2.71 bits per heavy atom. The lowest BCUT2D eigenvalue weighted by Gasteiger charge is -2.32. The number of H-pyrrole nitrogens is 1. The van der Waals surface area contributed by atoms with E-state index in [1.54, 1.807) is 23.2 Å². The van der Waals surface area contributed by atoms with Crippen molar-refractivity contribution in [3.8, 4) is 5.75 Å². The molecule has 0 radical (unpaired) electrons. The highest BCUT2D eigenvalue weighted by molar-refractivity contribution is 5.96. The van der Waals surface area contributed by atoms with Crippen LogP contribution in [0, 0.1) is 6.92 Å². The van der Waals surface area contributed by atoms with E-state index in [2.05, 4.69) is 15.3 Å². The molecule has 1 fully saturated rings. The number of nitrogens with zero attached hydrogens (tertiary/aromatic N) is 2. The third-order valence-corrected chi connectivity index (χ3v) is 4.66. The summed E-state index contributed by atoms with van der Waals surface area (Å²) in [5, 5.41) is 2.86. The van der Waals surface area contributed by atoms with Gasteiger partial charge >= 0.3 is 0 Å². The summed E-state index contributed by atoms with van der Waals surface area (Å²) in [6, 6.07) is 7.20. The zero-order valence-corrected chi connectivity index (χ0v) is 16.2. The van der Waals surface area contributed by atoms with Gasteiger partial charge in [-0.2, -0.15) is 0 Å². The second-order valence-corrected chi connectivity index (χ2v) is 6.82. The van der Waals surface area contributed by atoms with Crippen LogP contribution in [0.25, 0.3) is 0 Å². The second kappa shape index (κ2) is 9.36. The van der Waals surface area contributed by atoms with Crippen LogP contribution in [0.5, 0.6) is 5.75 Å². The Kier molecular flexibility index (Phi) is 6.65. The van der Waals surface area contributed by atoms with Gasteiger partial charge in [-0.3, -0.25) is 9.59 Å². The number of carbonyl (C=O) groups excluding carboxylic acids is 2. The summed E-state index contributed by atoms with van der Waals surface area (Å²) >= 11 is 0. The largest absolute Gasteiger partial charge is 0.489 e. The molecule has 1 saturated heterocycles. The number of para-hydroxylation sites is 1. The van der Waals surface area contributed by atoms with Crippen LogP contribution in [0.15, 0.2) is 30.5 Å². The zero-order valence-electron chi connectivity index (χ0n) is 16.2.